The normalized spacial score (nSPS) is 30.3. The first kappa shape index (κ1) is 11.5. The summed E-state index contributed by atoms with van der Waals surface area (Å²) in [6.07, 6.45) is 1.00. The second-order valence-electron chi connectivity index (χ2n) is 4.61. The maximum Gasteiger partial charge on any atom is 0.321 e. The van der Waals surface area contributed by atoms with Gasteiger partial charge in [-0.15, -0.1) is 0 Å². The topological polar surface area (TPSA) is 72.5 Å². The van der Waals surface area contributed by atoms with Crippen molar-refractivity contribution < 1.29 is 14.6 Å². The molecule has 0 aromatic heterocycles. The van der Waals surface area contributed by atoms with E-state index in [0.717, 1.165) is 6.42 Å². The number of ether oxygens (including phenoxy) is 1. The third-order valence-electron chi connectivity index (χ3n) is 3.40. The number of hydrogen-bond donors (Lipinski definition) is 2. The van der Waals surface area contributed by atoms with Gasteiger partial charge in [-0.3, -0.25) is 4.79 Å². The monoisotopic (exact) mass is 201 g/mol. The molecule has 0 aliphatic carbocycles. The average Bonchev–Trinajstić information content (AvgIpc) is 2.50. The summed E-state index contributed by atoms with van der Waals surface area (Å²) in [4.78, 5) is 10.8. The van der Waals surface area contributed by atoms with Gasteiger partial charge >= 0.3 is 5.97 Å². The van der Waals surface area contributed by atoms with Crippen LogP contribution in [0.5, 0.6) is 0 Å². The summed E-state index contributed by atoms with van der Waals surface area (Å²) in [6.45, 7) is 6.50. The van der Waals surface area contributed by atoms with Crippen molar-refractivity contribution in [3.8, 4) is 0 Å². The highest BCUT2D eigenvalue weighted by Crippen LogP contribution is 2.39. The van der Waals surface area contributed by atoms with E-state index in [1.807, 2.05) is 20.8 Å². The Hall–Kier alpha value is -0.610. The van der Waals surface area contributed by atoms with E-state index in [4.69, 9.17) is 15.6 Å². The molecule has 0 radical (unpaired) electrons. The van der Waals surface area contributed by atoms with E-state index >= 15 is 0 Å². The van der Waals surface area contributed by atoms with Gasteiger partial charge in [0, 0.05) is 6.61 Å². The Balaban J connectivity index is 2.77. The molecule has 1 aliphatic heterocycles. The number of carbonyl (C=O) groups is 1. The van der Waals surface area contributed by atoms with Crippen LogP contribution in [-0.4, -0.2) is 29.8 Å². The molecule has 3 unspecified atom stereocenters. The highest BCUT2D eigenvalue weighted by Gasteiger charge is 2.44. The molecule has 1 heterocycles. The van der Waals surface area contributed by atoms with Crippen LogP contribution in [0.4, 0.5) is 0 Å². The third kappa shape index (κ3) is 1.91. The zero-order chi connectivity index (χ0) is 10.9. The molecule has 4 heteroatoms. The Morgan fingerprint density at radius 1 is 1.64 bits per heavy atom. The van der Waals surface area contributed by atoms with Gasteiger partial charge in [-0.1, -0.05) is 13.8 Å². The van der Waals surface area contributed by atoms with Gasteiger partial charge in [0.1, 0.15) is 6.04 Å². The third-order valence-corrected chi connectivity index (χ3v) is 3.40. The fourth-order valence-corrected chi connectivity index (χ4v) is 2.26. The van der Waals surface area contributed by atoms with Crippen molar-refractivity contribution in [1.29, 1.82) is 0 Å². The van der Waals surface area contributed by atoms with Gasteiger partial charge in [-0.05, 0) is 24.7 Å². The Morgan fingerprint density at radius 3 is 2.57 bits per heavy atom. The Morgan fingerprint density at radius 2 is 2.21 bits per heavy atom. The standard InChI is InChI=1S/C10H19NO3/c1-6-7(4-5-14-6)10(2,3)8(11)9(12)13/h6-8H,4-5,11H2,1-3H3,(H,12,13). The molecule has 3 atom stereocenters. The van der Waals surface area contributed by atoms with Gasteiger partial charge in [0.05, 0.1) is 6.10 Å². The van der Waals surface area contributed by atoms with E-state index in [1.165, 1.54) is 0 Å². The average molecular weight is 201 g/mol. The van der Waals surface area contributed by atoms with Crippen LogP contribution in [-0.2, 0) is 9.53 Å². The van der Waals surface area contributed by atoms with Gasteiger partial charge in [0.15, 0.2) is 0 Å². The lowest BCUT2D eigenvalue weighted by atomic mass is 9.70. The van der Waals surface area contributed by atoms with Gasteiger partial charge in [-0.2, -0.15) is 0 Å². The zero-order valence-electron chi connectivity index (χ0n) is 8.99. The maximum atomic E-state index is 10.8. The molecule has 0 bridgehead atoms. The number of carboxylic acid groups (broad SMARTS) is 1. The summed E-state index contributed by atoms with van der Waals surface area (Å²) < 4.78 is 5.43. The number of aliphatic carboxylic acids is 1. The van der Waals surface area contributed by atoms with Crippen molar-refractivity contribution in [2.24, 2.45) is 17.1 Å². The number of carboxylic acids is 1. The minimum absolute atomic E-state index is 0.107. The predicted molar refractivity (Wildman–Crippen MR) is 52.9 cm³/mol. The van der Waals surface area contributed by atoms with E-state index in [2.05, 4.69) is 0 Å². The van der Waals surface area contributed by atoms with E-state index < -0.39 is 17.4 Å². The van der Waals surface area contributed by atoms with Crippen molar-refractivity contribution in [3.63, 3.8) is 0 Å². The largest absolute Gasteiger partial charge is 0.480 e. The van der Waals surface area contributed by atoms with Gasteiger partial charge in [-0.25, -0.2) is 0 Å². The SMILES string of the molecule is CC1OCCC1C(C)(C)C(N)C(=O)O. The number of rotatable bonds is 3. The summed E-state index contributed by atoms with van der Waals surface area (Å²) in [5.41, 5.74) is 5.27. The van der Waals surface area contributed by atoms with Crippen LogP contribution < -0.4 is 5.73 Å². The molecule has 4 nitrogen and oxygen atoms in total. The summed E-state index contributed by atoms with van der Waals surface area (Å²) in [5, 5.41) is 8.90. The summed E-state index contributed by atoms with van der Waals surface area (Å²) in [6, 6.07) is -0.823. The summed E-state index contributed by atoms with van der Waals surface area (Å²) in [5.74, 6) is -0.706. The van der Waals surface area contributed by atoms with E-state index in [1.54, 1.807) is 0 Å². The molecule has 0 saturated carbocycles. The van der Waals surface area contributed by atoms with Crippen molar-refractivity contribution >= 4 is 5.97 Å². The number of hydrogen-bond acceptors (Lipinski definition) is 3. The smallest absolute Gasteiger partial charge is 0.321 e. The molecule has 1 rings (SSSR count). The second-order valence-corrected chi connectivity index (χ2v) is 4.61. The predicted octanol–water partition coefficient (Wildman–Crippen LogP) is 0.849. The lowest BCUT2D eigenvalue weighted by Gasteiger charge is -2.36. The van der Waals surface area contributed by atoms with Crippen molar-refractivity contribution in [2.75, 3.05) is 6.61 Å². The molecule has 0 amide bonds. The summed E-state index contributed by atoms with van der Waals surface area (Å²) in [7, 11) is 0. The summed E-state index contributed by atoms with van der Waals surface area (Å²) >= 11 is 0. The molecule has 14 heavy (non-hydrogen) atoms. The molecule has 0 aromatic rings. The molecular weight excluding hydrogens is 182 g/mol. The van der Waals surface area contributed by atoms with Crippen molar-refractivity contribution in [2.45, 2.75) is 39.3 Å². The second kappa shape index (κ2) is 3.87. The van der Waals surface area contributed by atoms with E-state index in [-0.39, 0.29) is 12.0 Å². The van der Waals surface area contributed by atoms with Gasteiger partial charge in [0.2, 0.25) is 0 Å². The van der Waals surface area contributed by atoms with E-state index in [9.17, 15) is 4.79 Å². The molecule has 82 valence electrons. The highest BCUT2D eigenvalue weighted by atomic mass is 16.5. The Kier molecular flexibility index (Phi) is 3.17. The molecule has 1 fully saturated rings. The minimum atomic E-state index is -0.936. The zero-order valence-corrected chi connectivity index (χ0v) is 8.99. The van der Waals surface area contributed by atoms with Crippen molar-refractivity contribution in [1.82, 2.24) is 0 Å². The van der Waals surface area contributed by atoms with Crippen LogP contribution in [0.25, 0.3) is 0 Å². The van der Waals surface area contributed by atoms with Gasteiger partial charge < -0.3 is 15.6 Å². The molecule has 0 aromatic carbocycles. The lowest BCUT2D eigenvalue weighted by Crippen LogP contribution is -2.49. The quantitative estimate of drug-likeness (QED) is 0.710. The molecule has 1 saturated heterocycles. The number of nitrogens with two attached hydrogens (primary N) is 1. The van der Waals surface area contributed by atoms with E-state index in [0.29, 0.717) is 6.61 Å². The Labute approximate surface area is 84.4 Å². The van der Waals surface area contributed by atoms with Crippen molar-refractivity contribution in [3.05, 3.63) is 0 Å². The molecule has 3 N–H and O–H groups in total. The fourth-order valence-electron chi connectivity index (χ4n) is 2.26. The first-order valence-corrected chi connectivity index (χ1v) is 4.97. The van der Waals surface area contributed by atoms with Crippen LogP contribution >= 0.6 is 0 Å². The van der Waals surface area contributed by atoms with Crippen LogP contribution in [0.3, 0.4) is 0 Å². The Bertz CT molecular complexity index is 227. The lowest BCUT2D eigenvalue weighted by molar-refractivity contribution is -0.142. The highest BCUT2D eigenvalue weighted by molar-refractivity contribution is 5.74. The minimum Gasteiger partial charge on any atom is -0.480 e. The molecular formula is C10H19NO3. The maximum absolute atomic E-state index is 10.8. The first-order valence-electron chi connectivity index (χ1n) is 4.97. The van der Waals surface area contributed by atoms with Crippen LogP contribution in [0.15, 0.2) is 0 Å². The van der Waals surface area contributed by atoms with Crippen LogP contribution in [0.2, 0.25) is 0 Å². The van der Waals surface area contributed by atoms with Crippen LogP contribution in [0, 0.1) is 11.3 Å². The molecule has 0 spiro atoms. The first-order chi connectivity index (χ1) is 6.37. The fraction of sp³-hybridized carbons (Fsp3) is 0.900. The van der Waals surface area contributed by atoms with Gasteiger partial charge in [0.25, 0.3) is 0 Å². The van der Waals surface area contributed by atoms with Crippen LogP contribution in [0.1, 0.15) is 27.2 Å². The molecule has 1 aliphatic rings.